The highest BCUT2D eigenvalue weighted by Crippen LogP contribution is 2.20. The fourth-order valence-electron chi connectivity index (χ4n) is 1.87. The van der Waals surface area contributed by atoms with E-state index in [0.717, 1.165) is 16.3 Å². The minimum Gasteiger partial charge on any atom is -0.348 e. The van der Waals surface area contributed by atoms with Crippen molar-refractivity contribution in [2.45, 2.75) is 26.4 Å². The number of nitrogens with zero attached hydrogens (tertiary/aromatic N) is 2. The van der Waals surface area contributed by atoms with Gasteiger partial charge in [0.05, 0.1) is 24.8 Å². The summed E-state index contributed by atoms with van der Waals surface area (Å²) in [6, 6.07) is 3.15. The van der Waals surface area contributed by atoms with Crippen LogP contribution in [0.5, 0.6) is 0 Å². The number of hydrogen-bond acceptors (Lipinski definition) is 6. The summed E-state index contributed by atoms with van der Waals surface area (Å²) in [6.07, 6.45) is 3.42. The number of amides is 2. The molecule has 0 unspecified atom stereocenters. The minimum absolute atomic E-state index is 0. The van der Waals surface area contributed by atoms with Gasteiger partial charge in [0.15, 0.2) is 0 Å². The number of carbonyl (C=O) groups is 2. The molecule has 26 heavy (non-hydrogen) atoms. The zero-order valence-electron chi connectivity index (χ0n) is 14.5. The van der Waals surface area contributed by atoms with Crippen molar-refractivity contribution in [1.82, 2.24) is 20.6 Å². The smallest absolute Gasteiger partial charge is 0.239 e. The molecule has 0 saturated heterocycles. The Hall–Kier alpha value is -1.74. The zero-order valence-corrected chi connectivity index (χ0v) is 16.9. The summed E-state index contributed by atoms with van der Waals surface area (Å²) in [5, 5.41) is 7.98. The summed E-state index contributed by atoms with van der Waals surface area (Å²) in [7, 11) is 0. The number of pyridine rings is 1. The Bertz CT molecular complexity index is 697. The predicted octanol–water partition coefficient (Wildman–Crippen LogP) is 1.76. The topological polar surface area (TPSA) is 110 Å². The zero-order chi connectivity index (χ0) is 17.5. The van der Waals surface area contributed by atoms with Gasteiger partial charge in [0.1, 0.15) is 5.01 Å². The molecule has 144 valence electrons. The van der Waals surface area contributed by atoms with Crippen molar-refractivity contribution in [3.05, 3.63) is 34.9 Å². The number of thiazole rings is 1. The Morgan fingerprint density at radius 3 is 2.46 bits per heavy atom. The van der Waals surface area contributed by atoms with E-state index in [-0.39, 0.29) is 49.1 Å². The second-order valence-corrected chi connectivity index (χ2v) is 6.57. The van der Waals surface area contributed by atoms with E-state index in [0.29, 0.717) is 6.54 Å². The van der Waals surface area contributed by atoms with Crippen LogP contribution in [0.15, 0.2) is 29.9 Å². The van der Waals surface area contributed by atoms with Crippen molar-refractivity contribution >= 4 is 48.0 Å². The lowest BCUT2D eigenvalue weighted by atomic mass is 10.1. The first-order valence-corrected chi connectivity index (χ1v) is 8.50. The van der Waals surface area contributed by atoms with Gasteiger partial charge in [-0.1, -0.05) is 13.8 Å². The van der Waals surface area contributed by atoms with Crippen molar-refractivity contribution in [3.63, 3.8) is 0 Å². The number of aromatic nitrogens is 2. The third-order valence-corrected chi connectivity index (χ3v) is 4.26. The molecule has 0 radical (unpaired) electrons. The second-order valence-electron chi connectivity index (χ2n) is 5.63. The van der Waals surface area contributed by atoms with Crippen LogP contribution in [0.4, 0.5) is 0 Å². The molecule has 4 N–H and O–H groups in total. The van der Waals surface area contributed by atoms with Gasteiger partial charge in [0.2, 0.25) is 11.8 Å². The van der Waals surface area contributed by atoms with E-state index in [1.54, 1.807) is 12.4 Å². The molecule has 0 aliphatic heterocycles. The van der Waals surface area contributed by atoms with Gasteiger partial charge >= 0.3 is 0 Å². The predicted molar refractivity (Wildman–Crippen MR) is 108 cm³/mol. The maximum absolute atomic E-state index is 11.8. The fraction of sp³-hybridized carbons (Fsp3) is 0.375. The Morgan fingerprint density at radius 1 is 1.19 bits per heavy atom. The molecule has 0 aliphatic carbocycles. The molecule has 7 nitrogen and oxygen atoms in total. The first-order valence-electron chi connectivity index (χ1n) is 7.62. The summed E-state index contributed by atoms with van der Waals surface area (Å²) < 4.78 is 0. The average Bonchev–Trinajstić information content (AvgIpc) is 3.06. The van der Waals surface area contributed by atoms with E-state index in [2.05, 4.69) is 20.6 Å². The van der Waals surface area contributed by atoms with Crippen LogP contribution in [-0.2, 0) is 16.1 Å². The van der Waals surface area contributed by atoms with Gasteiger partial charge in [0, 0.05) is 23.3 Å². The number of rotatable bonds is 7. The van der Waals surface area contributed by atoms with Crippen LogP contribution >= 0.6 is 36.2 Å². The van der Waals surface area contributed by atoms with Gasteiger partial charge in [-0.15, -0.1) is 36.2 Å². The van der Waals surface area contributed by atoms with Crippen LogP contribution in [0.2, 0.25) is 0 Å². The first-order chi connectivity index (χ1) is 11.5. The second kappa shape index (κ2) is 11.8. The highest BCUT2D eigenvalue weighted by atomic mass is 35.5. The maximum atomic E-state index is 11.8. The molecule has 2 heterocycles. The number of carbonyl (C=O) groups excluding carboxylic acids is 2. The third kappa shape index (κ3) is 7.25. The first kappa shape index (κ1) is 24.3. The Labute approximate surface area is 169 Å². The maximum Gasteiger partial charge on any atom is 0.239 e. The van der Waals surface area contributed by atoms with Crippen LogP contribution < -0.4 is 16.4 Å². The summed E-state index contributed by atoms with van der Waals surface area (Å²) in [4.78, 5) is 31.9. The van der Waals surface area contributed by atoms with E-state index in [1.807, 2.05) is 31.4 Å². The summed E-state index contributed by atoms with van der Waals surface area (Å²) in [5.74, 6) is -0.579. The van der Waals surface area contributed by atoms with E-state index in [1.165, 1.54) is 11.3 Å². The fourth-order valence-corrected chi connectivity index (χ4v) is 2.62. The summed E-state index contributed by atoms with van der Waals surface area (Å²) >= 11 is 1.47. The molecule has 2 aromatic heterocycles. The molecule has 0 fully saturated rings. The lowest BCUT2D eigenvalue weighted by Crippen LogP contribution is -2.47. The molecule has 0 spiro atoms. The van der Waals surface area contributed by atoms with Gasteiger partial charge in [-0.25, -0.2) is 4.98 Å². The molecule has 10 heteroatoms. The van der Waals surface area contributed by atoms with Crippen molar-refractivity contribution in [2.24, 2.45) is 11.7 Å². The number of nitrogens with two attached hydrogens (primary N) is 1. The van der Waals surface area contributed by atoms with E-state index < -0.39 is 6.04 Å². The standard InChI is InChI=1S/C16H21N5O2S.2ClH/c1-10(2)15(17)16(23)20-7-13(22)19-8-14-21-12(9-24-14)11-3-5-18-6-4-11;;/h3-6,9-10,15H,7-8,17H2,1-2H3,(H,19,22)(H,20,23);2*1H/t15-;;/m0../s1. The Kier molecular flexibility index (Phi) is 11.0. The number of halogens is 2. The van der Waals surface area contributed by atoms with Crippen molar-refractivity contribution < 1.29 is 9.59 Å². The Morgan fingerprint density at radius 2 is 1.85 bits per heavy atom. The molecular formula is C16H23Cl2N5O2S. The van der Waals surface area contributed by atoms with Crippen LogP contribution in [0.3, 0.4) is 0 Å². The average molecular weight is 420 g/mol. The molecule has 0 bridgehead atoms. The van der Waals surface area contributed by atoms with Gasteiger partial charge in [-0.3, -0.25) is 14.6 Å². The van der Waals surface area contributed by atoms with E-state index in [4.69, 9.17) is 5.73 Å². The minimum atomic E-state index is -0.611. The number of nitrogens with one attached hydrogen (secondary N) is 2. The molecular weight excluding hydrogens is 397 g/mol. The van der Waals surface area contributed by atoms with E-state index >= 15 is 0 Å². The van der Waals surface area contributed by atoms with Gasteiger partial charge < -0.3 is 16.4 Å². The molecule has 2 aromatic rings. The molecule has 0 aliphatic rings. The SMILES string of the molecule is CC(C)[C@H](N)C(=O)NCC(=O)NCc1nc(-c2ccncc2)cs1.Cl.Cl. The summed E-state index contributed by atoms with van der Waals surface area (Å²) in [5.41, 5.74) is 7.54. The lowest BCUT2D eigenvalue weighted by Gasteiger charge is -2.14. The van der Waals surface area contributed by atoms with Crippen molar-refractivity contribution in [2.75, 3.05) is 6.54 Å². The highest BCUT2D eigenvalue weighted by molar-refractivity contribution is 7.09. The number of hydrogen-bond donors (Lipinski definition) is 3. The van der Waals surface area contributed by atoms with Gasteiger partial charge in [0.25, 0.3) is 0 Å². The Balaban J connectivity index is 0.00000312. The quantitative estimate of drug-likeness (QED) is 0.633. The van der Waals surface area contributed by atoms with Gasteiger partial charge in [-0.05, 0) is 18.1 Å². The highest BCUT2D eigenvalue weighted by Gasteiger charge is 2.17. The molecule has 2 rings (SSSR count). The lowest BCUT2D eigenvalue weighted by molar-refractivity contribution is -0.127. The van der Waals surface area contributed by atoms with Gasteiger partial charge in [-0.2, -0.15) is 0 Å². The van der Waals surface area contributed by atoms with E-state index in [9.17, 15) is 9.59 Å². The summed E-state index contributed by atoms with van der Waals surface area (Å²) in [6.45, 7) is 3.93. The van der Waals surface area contributed by atoms with Crippen LogP contribution in [0, 0.1) is 5.92 Å². The third-order valence-electron chi connectivity index (χ3n) is 3.41. The molecule has 2 amide bonds. The largest absolute Gasteiger partial charge is 0.348 e. The van der Waals surface area contributed by atoms with Crippen LogP contribution in [0.1, 0.15) is 18.9 Å². The molecule has 1 atom stereocenters. The van der Waals surface area contributed by atoms with Crippen molar-refractivity contribution in [3.8, 4) is 11.3 Å². The molecule has 0 saturated carbocycles. The van der Waals surface area contributed by atoms with Crippen LogP contribution in [0.25, 0.3) is 11.3 Å². The normalized spacial score (nSPS) is 11.1. The van der Waals surface area contributed by atoms with Crippen LogP contribution in [-0.4, -0.2) is 34.4 Å². The monoisotopic (exact) mass is 419 g/mol. The van der Waals surface area contributed by atoms with Crippen molar-refractivity contribution in [1.29, 1.82) is 0 Å². The molecule has 0 aromatic carbocycles.